The largest absolute Gasteiger partial charge is 0.325 e. The molecule has 130 valence electrons. The molecule has 8 nitrogen and oxygen atoms in total. The number of hydrogen-bond donors (Lipinski definition) is 0. The van der Waals surface area contributed by atoms with Crippen LogP contribution in [-0.4, -0.2) is 66.5 Å². The third-order valence-electron chi connectivity index (χ3n) is 4.65. The van der Waals surface area contributed by atoms with Crippen LogP contribution in [-0.2, 0) is 13.1 Å². The molecule has 4 heterocycles. The molecular formula is C17H21N7O. The van der Waals surface area contributed by atoms with E-state index in [0.29, 0.717) is 18.7 Å². The number of carbonyl (C=O) groups is 1. The minimum atomic E-state index is 0.00866. The molecular weight excluding hydrogens is 318 g/mol. The minimum absolute atomic E-state index is 0.00866. The van der Waals surface area contributed by atoms with E-state index in [2.05, 4.69) is 24.6 Å². The first-order valence-electron chi connectivity index (χ1n) is 8.29. The van der Waals surface area contributed by atoms with Crippen LogP contribution in [0.15, 0.2) is 30.9 Å². The van der Waals surface area contributed by atoms with Gasteiger partial charge in [0.2, 0.25) is 0 Å². The molecule has 0 aliphatic carbocycles. The second kappa shape index (κ2) is 5.96. The van der Waals surface area contributed by atoms with Crippen molar-refractivity contribution in [1.82, 2.24) is 33.9 Å². The van der Waals surface area contributed by atoms with E-state index in [0.717, 1.165) is 23.7 Å². The molecule has 1 aliphatic heterocycles. The normalized spacial score (nSPS) is 17.3. The van der Waals surface area contributed by atoms with Crippen molar-refractivity contribution in [1.29, 1.82) is 0 Å². The van der Waals surface area contributed by atoms with Crippen LogP contribution in [0.25, 0.3) is 5.52 Å². The molecule has 4 rings (SSSR count). The van der Waals surface area contributed by atoms with Gasteiger partial charge in [-0.15, -0.1) is 10.2 Å². The number of rotatable bonds is 3. The van der Waals surface area contributed by atoms with Crippen molar-refractivity contribution in [2.24, 2.45) is 0 Å². The summed E-state index contributed by atoms with van der Waals surface area (Å²) in [5, 5.41) is 8.39. The van der Waals surface area contributed by atoms with E-state index in [-0.39, 0.29) is 11.9 Å². The molecule has 0 fully saturated rings. The first kappa shape index (κ1) is 15.8. The Labute approximate surface area is 145 Å². The Bertz CT molecular complexity index is 926. The lowest BCUT2D eigenvalue weighted by Gasteiger charge is -2.37. The number of carbonyl (C=O) groups excluding carboxylic acids is 1. The fourth-order valence-electron chi connectivity index (χ4n) is 3.40. The van der Waals surface area contributed by atoms with E-state index < -0.39 is 0 Å². The van der Waals surface area contributed by atoms with Crippen molar-refractivity contribution >= 4 is 11.4 Å². The van der Waals surface area contributed by atoms with Crippen molar-refractivity contribution in [3.05, 3.63) is 48.1 Å². The SMILES string of the molecule is Cc1nnc2n1CC(CN(C)C)N(C(=O)c1ccc3cncn3c1)C2. The van der Waals surface area contributed by atoms with E-state index in [1.165, 1.54) is 0 Å². The van der Waals surface area contributed by atoms with Crippen LogP contribution in [0.4, 0.5) is 0 Å². The second-order valence-electron chi connectivity index (χ2n) is 6.77. The first-order chi connectivity index (χ1) is 12.0. The van der Waals surface area contributed by atoms with Gasteiger partial charge in [0.15, 0.2) is 5.82 Å². The Balaban J connectivity index is 1.68. The highest BCUT2D eigenvalue weighted by Gasteiger charge is 2.32. The quantitative estimate of drug-likeness (QED) is 0.706. The van der Waals surface area contributed by atoms with E-state index in [1.807, 2.05) is 48.6 Å². The lowest BCUT2D eigenvalue weighted by Crippen LogP contribution is -2.51. The second-order valence-corrected chi connectivity index (χ2v) is 6.77. The predicted molar refractivity (Wildman–Crippen MR) is 92.2 cm³/mol. The average molecular weight is 339 g/mol. The molecule has 1 aliphatic rings. The van der Waals surface area contributed by atoms with Gasteiger partial charge in [0, 0.05) is 19.3 Å². The number of hydrogen-bond acceptors (Lipinski definition) is 5. The zero-order valence-electron chi connectivity index (χ0n) is 14.6. The maximum atomic E-state index is 13.2. The highest BCUT2D eigenvalue weighted by atomic mass is 16.2. The monoisotopic (exact) mass is 339 g/mol. The molecule has 1 atom stereocenters. The van der Waals surface area contributed by atoms with Gasteiger partial charge in [0.1, 0.15) is 5.82 Å². The van der Waals surface area contributed by atoms with E-state index in [9.17, 15) is 4.79 Å². The van der Waals surface area contributed by atoms with Crippen LogP contribution in [0.2, 0.25) is 0 Å². The summed E-state index contributed by atoms with van der Waals surface area (Å²) in [7, 11) is 4.05. The number of nitrogens with zero attached hydrogens (tertiary/aromatic N) is 7. The van der Waals surface area contributed by atoms with Gasteiger partial charge in [0.05, 0.1) is 36.2 Å². The first-order valence-corrected chi connectivity index (χ1v) is 8.29. The minimum Gasteiger partial charge on any atom is -0.325 e. The number of imidazole rings is 1. The van der Waals surface area contributed by atoms with Crippen molar-refractivity contribution < 1.29 is 4.79 Å². The lowest BCUT2D eigenvalue weighted by molar-refractivity contribution is 0.0542. The van der Waals surface area contributed by atoms with Gasteiger partial charge in [0.25, 0.3) is 5.91 Å². The number of aryl methyl sites for hydroxylation is 1. The zero-order valence-corrected chi connectivity index (χ0v) is 14.6. The Morgan fingerprint density at radius 2 is 2.16 bits per heavy atom. The van der Waals surface area contributed by atoms with Gasteiger partial charge < -0.3 is 18.8 Å². The van der Waals surface area contributed by atoms with Crippen molar-refractivity contribution in [3.8, 4) is 0 Å². The zero-order chi connectivity index (χ0) is 17.6. The molecule has 0 spiro atoms. The highest BCUT2D eigenvalue weighted by Crippen LogP contribution is 2.21. The van der Waals surface area contributed by atoms with Gasteiger partial charge in [-0.2, -0.15) is 0 Å². The van der Waals surface area contributed by atoms with Gasteiger partial charge in [-0.3, -0.25) is 4.79 Å². The Morgan fingerprint density at radius 3 is 2.96 bits per heavy atom. The van der Waals surface area contributed by atoms with Crippen LogP contribution in [0, 0.1) is 6.92 Å². The third kappa shape index (κ3) is 2.78. The molecule has 3 aromatic heterocycles. The maximum Gasteiger partial charge on any atom is 0.256 e. The molecule has 1 amide bonds. The molecule has 0 bridgehead atoms. The number of amides is 1. The average Bonchev–Trinajstić information content (AvgIpc) is 3.19. The summed E-state index contributed by atoms with van der Waals surface area (Å²) in [4.78, 5) is 21.3. The summed E-state index contributed by atoms with van der Waals surface area (Å²) >= 11 is 0. The molecule has 0 N–H and O–H groups in total. The van der Waals surface area contributed by atoms with E-state index >= 15 is 0 Å². The maximum absolute atomic E-state index is 13.2. The number of aromatic nitrogens is 5. The summed E-state index contributed by atoms with van der Waals surface area (Å²) in [5.74, 6) is 1.74. The number of fused-ring (bicyclic) bond motifs is 2. The van der Waals surface area contributed by atoms with Gasteiger partial charge in [-0.1, -0.05) is 0 Å². The van der Waals surface area contributed by atoms with E-state index in [4.69, 9.17) is 0 Å². The summed E-state index contributed by atoms with van der Waals surface area (Å²) < 4.78 is 3.97. The number of pyridine rings is 1. The molecule has 0 saturated heterocycles. The Kier molecular flexibility index (Phi) is 3.76. The van der Waals surface area contributed by atoms with Crippen LogP contribution >= 0.6 is 0 Å². The number of likely N-dealkylation sites (N-methyl/N-ethyl adjacent to an activating group) is 1. The molecule has 0 saturated carbocycles. The van der Waals surface area contributed by atoms with Gasteiger partial charge in [-0.25, -0.2) is 4.98 Å². The van der Waals surface area contributed by atoms with Gasteiger partial charge >= 0.3 is 0 Å². The molecule has 0 aromatic carbocycles. The lowest BCUT2D eigenvalue weighted by atomic mass is 10.1. The van der Waals surface area contributed by atoms with Gasteiger partial charge in [-0.05, 0) is 33.2 Å². The molecule has 25 heavy (non-hydrogen) atoms. The summed E-state index contributed by atoms with van der Waals surface area (Å²) in [6.45, 7) is 3.93. The highest BCUT2D eigenvalue weighted by molar-refractivity contribution is 5.94. The van der Waals surface area contributed by atoms with Crippen LogP contribution in [0.5, 0.6) is 0 Å². The van der Waals surface area contributed by atoms with Crippen molar-refractivity contribution in [2.45, 2.75) is 26.1 Å². The smallest absolute Gasteiger partial charge is 0.256 e. The molecule has 3 aromatic rings. The summed E-state index contributed by atoms with van der Waals surface area (Å²) in [5.41, 5.74) is 1.62. The third-order valence-corrected chi connectivity index (χ3v) is 4.65. The van der Waals surface area contributed by atoms with E-state index in [1.54, 1.807) is 12.5 Å². The Morgan fingerprint density at radius 1 is 1.32 bits per heavy atom. The van der Waals surface area contributed by atoms with Crippen LogP contribution in [0.3, 0.4) is 0 Å². The van der Waals surface area contributed by atoms with Crippen LogP contribution in [0.1, 0.15) is 22.0 Å². The molecule has 1 unspecified atom stereocenters. The fraction of sp³-hybridized carbons (Fsp3) is 0.412. The molecule has 0 radical (unpaired) electrons. The summed E-state index contributed by atoms with van der Waals surface area (Å²) in [6.07, 6.45) is 5.32. The van der Waals surface area contributed by atoms with Crippen LogP contribution < -0.4 is 0 Å². The molecule has 8 heteroatoms. The Hall–Kier alpha value is -2.74. The van der Waals surface area contributed by atoms with Crippen molar-refractivity contribution in [2.75, 3.05) is 20.6 Å². The fourth-order valence-corrected chi connectivity index (χ4v) is 3.40. The standard InChI is InChI=1S/C17H21N7O/c1-12-19-20-16-10-24(15(8-21(2)3)9-23(12)16)17(25)13-4-5-14-6-18-11-22(14)7-13/h4-7,11,15H,8-10H2,1-3H3. The summed E-state index contributed by atoms with van der Waals surface area (Å²) in [6, 6.07) is 3.84. The van der Waals surface area contributed by atoms with Crippen molar-refractivity contribution in [3.63, 3.8) is 0 Å². The predicted octanol–water partition coefficient (Wildman–Crippen LogP) is 0.820. The topological polar surface area (TPSA) is 71.6 Å².